The molecule has 2 saturated heterocycles. The minimum absolute atomic E-state index is 0.0676. The van der Waals surface area contributed by atoms with E-state index in [1.165, 1.54) is 0 Å². The molecule has 45 heavy (non-hydrogen) atoms. The first-order chi connectivity index (χ1) is 21.3. The Labute approximate surface area is 252 Å². The number of aliphatic hydroxyl groups excluding tert-OH is 1. The van der Waals surface area contributed by atoms with Gasteiger partial charge in [-0.1, -0.05) is 0 Å². The number of ether oxygens (including phenoxy) is 2. The second-order valence-corrected chi connectivity index (χ2v) is 11.6. The lowest BCUT2D eigenvalue weighted by Crippen LogP contribution is -2.44. The molecule has 3 N–H and O–H groups in total. The van der Waals surface area contributed by atoms with E-state index in [1.54, 1.807) is 0 Å². The summed E-state index contributed by atoms with van der Waals surface area (Å²) in [4.78, 5) is 19.4. The number of hydrogen-bond acceptors (Lipinski definition) is 10. The predicted molar refractivity (Wildman–Crippen MR) is 148 cm³/mol. The predicted octanol–water partition coefficient (Wildman–Crippen LogP) is 4.31. The van der Waals surface area contributed by atoms with Gasteiger partial charge in [0.05, 0.1) is 23.7 Å². The molecule has 0 spiro atoms. The van der Waals surface area contributed by atoms with Gasteiger partial charge < -0.3 is 25.2 Å². The lowest BCUT2D eigenvalue weighted by Gasteiger charge is -2.32. The number of hydrogen-bond donors (Lipinski definition) is 2. The molecule has 6 heterocycles. The number of rotatable bonds is 8. The Kier molecular flexibility index (Phi) is 8.04. The first-order valence-electron chi connectivity index (χ1n) is 14.4. The Hall–Kier alpha value is -3.73. The smallest absolute Gasteiger partial charge is 0.418 e. The number of nitrogens with zero attached hydrogens (tertiary/aromatic N) is 6. The summed E-state index contributed by atoms with van der Waals surface area (Å²) in [7, 11) is 0. The van der Waals surface area contributed by atoms with Gasteiger partial charge in [-0.2, -0.15) is 23.1 Å². The Morgan fingerprint density at radius 3 is 2.69 bits per heavy atom. The molecule has 3 aliphatic heterocycles. The van der Waals surface area contributed by atoms with Crippen molar-refractivity contribution < 1.29 is 45.3 Å². The Morgan fingerprint density at radius 1 is 1.20 bits per heavy atom. The molecular weight excluding hydrogens is 615 g/mol. The van der Waals surface area contributed by atoms with Crippen LogP contribution in [0.1, 0.15) is 36.8 Å². The number of nitrogen functional groups attached to an aromatic ring is 1. The van der Waals surface area contributed by atoms with Crippen molar-refractivity contribution in [3.05, 3.63) is 23.0 Å². The first-order valence-corrected chi connectivity index (χ1v) is 14.4. The second-order valence-electron chi connectivity index (χ2n) is 11.6. The number of halogens is 7. The molecule has 3 aromatic rings. The van der Waals surface area contributed by atoms with E-state index in [4.69, 9.17) is 15.2 Å². The molecule has 0 amide bonds. The maximum atomic E-state index is 16.5. The number of fused-ring (bicyclic) bond motifs is 1. The zero-order valence-electron chi connectivity index (χ0n) is 24.1. The van der Waals surface area contributed by atoms with E-state index in [0.717, 1.165) is 24.3 Å². The van der Waals surface area contributed by atoms with Gasteiger partial charge in [0.25, 0.3) is 6.43 Å². The van der Waals surface area contributed by atoms with Gasteiger partial charge >= 0.3 is 12.2 Å². The molecule has 6 rings (SSSR count). The number of alkyl halides is 6. The van der Waals surface area contributed by atoms with Crippen LogP contribution in [0.15, 0.2) is 6.07 Å². The number of aliphatic hydroxyl groups is 1. The van der Waals surface area contributed by atoms with Crippen LogP contribution < -0.4 is 20.1 Å². The molecule has 0 saturated carbocycles. The van der Waals surface area contributed by atoms with Gasteiger partial charge in [-0.15, -0.1) is 0 Å². The topological polar surface area (TPSA) is 123 Å². The fourth-order valence-corrected chi connectivity index (χ4v) is 6.72. The highest BCUT2D eigenvalue weighted by Gasteiger charge is 2.49. The molecule has 0 radical (unpaired) electrons. The van der Waals surface area contributed by atoms with Crippen LogP contribution in [0.2, 0.25) is 0 Å². The highest BCUT2D eigenvalue weighted by atomic mass is 19.4. The number of nitrogens with two attached hydrogens (primary N) is 1. The van der Waals surface area contributed by atoms with E-state index in [9.17, 15) is 31.4 Å². The van der Waals surface area contributed by atoms with E-state index < -0.39 is 83.7 Å². The van der Waals surface area contributed by atoms with Crippen molar-refractivity contribution in [2.75, 3.05) is 50.1 Å². The molecule has 3 atom stereocenters. The minimum atomic E-state index is -4.98. The molecule has 0 aliphatic carbocycles. The summed E-state index contributed by atoms with van der Waals surface area (Å²) in [5.74, 6) is -2.38. The first kappa shape index (κ1) is 31.3. The van der Waals surface area contributed by atoms with E-state index in [0.29, 0.717) is 13.0 Å². The number of anilines is 2. The van der Waals surface area contributed by atoms with Crippen molar-refractivity contribution >= 4 is 22.5 Å². The van der Waals surface area contributed by atoms with Gasteiger partial charge in [0.15, 0.2) is 5.82 Å². The second kappa shape index (κ2) is 11.6. The third-order valence-corrected chi connectivity index (χ3v) is 8.61. The molecule has 17 heteroatoms. The molecular formula is C28H30F7N7O3. The molecule has 0 unspecified atom stereocenters. The van der Waals surface area contributed by atoms with E-state index in [1.807, 2.05) is 4.90 Å². The quantitative estimate of drug-likeness (QED) is 0.343. The Bertz CT molecular complexity index is 1610. The van der Waals surface area contributed by atoms with Crippen LogP contribution in [0.4, 0.5) is 42.4 Å². The largest absolute Gasteiger partial charge is 0.475 e. The summed E-state index contributed by atoms with van der Waals surface area (Å²) in [6.45, 7) is 0.229. The van der Waals surface area contributed by atoms with Crippen molar-refractivity contribution in [3.63, 3.8) is 0 Å². The normalized spacial score (nSPS) is 23.5. The molecule has 0 aromatic carbocycles. The van der Waals surface area contributed by atoms with Crippen molar-refractivity contribution in [3.8, 4) is 23.3 Å². The zero-order chi connectivity index (χ0) is 32.3. The molecule has 0 bridgehead atoms. The van der Waals surface area contributed by atoms with Crippen molar-refractivity contribution in [2.24, 2.45) is 0 Å². The molecule has 10 nitrogen and oxygen atoms in total. The summed E-state index contributed by atoms with van der Waals surface area (Å²) in [6.07, 6.45) is -7.44. The van der Waals surface area contributed by atoms with Gasteiger partial charge in [0.1, 0.15) is 53.3 Å². The average molecular weight is 646 g/mol. The van der Waals surface area contributed by atoms with Crippen molar-refractivity contribution in [1.29, 1.82) is 0 Å². The summed E-state index contributed by atoms with van der Waals surface area (Å²) in [6, 6.07) is -0.387. The van der Waals surface area contributed by atoms with Crippen LogP contribution in [0.3, 0.4) is 0 Å². The standard InChI is InChI=1S/C28H30F7N7O3/c1-13-7-17(36)37-22(19(13)28(33,34)35)23-20(32)21-18-24(42(10-16(30)31)15(3-6-43)11-44-25(18)38-23)40-26(39-21)45-12-27-4-2-5-41(27)9-14(29)8-27/h7,14-16,43H,2-6,8-12H2,1H3,(H2,36,37)/t14-,15+,27+/m1/s1. The lowest BCUT2D eigenvalue weighted by atomic mass is 9.95. The summed E-state index contributed by atoms with van der Waals surface area (Å²) in [5.41, 5.74) is 1.07. The van der Waals surface area contributed by atoms with Crippen molar-refractivity contribution in [2.45, 2.75) is 63.0 Å². The van der Waals surface area contributed by atoms with Gasteiger partial charge in [-0.25, -0.2) is 27.5 Å². The maximum Gasteiger partial charge on any atom is 0.418 e. The summed E-state index contributed by atoms with van der Waals surface area (Å²) >= 11 is 0. The lowest BCUT2D eigenvalue weighted by molar-refractivity contribution is -0.137. The fraction of sp³-hybridized carbons (Fsp3) is 0.571. The van der Waals surface area contributed by atoms with Crippen LogP contribution in [0.5, 0.6) is 11.9 Å². The van der Waals surface area contributed by atoms with Gasteiger partial charge in [-0.05, 0) is 44.4 Å². The SMILES string of the molecule is Cc1cc(N)nc(-c2nc3c4c(nc(OC[C@@]56CCCN5C[C@H](F)C6)nc4c2F)N(CC(F)F)[C@@H](CCO)CO3)c1C(F)(F)F. The van der Waals surface area contributed by atoms with Crippen LogP contribution in [0, 0.1) is 12.7 Å². The molecule has 2 fully saturated rings. The highest BCUT2D eigenvalue weighted by molar-refractivity contribution is 5.97. The van der Waals surface area contributed by atoms with Crippen molar-refractivity contribution in [1.82, 2.24) is 24.8 Å². The van der Waals surface area contributed by atoms with Crippen LogP contribution in [0.25, 0.3) is 22.3 Å². The zero-order valence-corrected chi connectivity index (χ0v) is 24.1. The molecule has 3 aromatic heterocycles. The van der Waals surface area contributed by atoms with E-state index in [-0.39, 0.29) is 55.2 Å². The van der Waals surface area contributed by atoms with Crippen LogP contribution in [-0.2, 0) is 6.18 Å². The van der Waals surface area contributed by atoms with E-state index >= 15 is 4.39 Å². The highest BCUT2D eigenvalue weighted by Crippen LogP contribution is 2.45. The summed E-state index contributed by atoms with van der Waals surface area (Å²) in [5, 5.41) is 9.40. The molecule has 244 valence electrons. The van der Waals surface area contributed by atoms with Gasteiger partial charge in [0, 0.05) is 19.6 Å². The fourth-order valence-electron chi connectivity index (χ4n) is 6.72. The van der Waals surface area contributed by atoms with Gasteiger partial charge in [0.2, 0.25) is 5.88 Å². The van der Waals surface area contributed by atoms with E-state index in [2.05, 4.69) is 19.9 Å². The third kappa shape index (κ3) is 5.64. The summed E-state index contributed by atoms with van der Waals surface area (Å²) < 4.78 is 113. The Balaban J connectivity index is 1.56. The number of aryl methyl sites for hydroxylation is 1. The van der Waals surface area contributed by atoms with Crippen LogP contribution >= 0.6 is 0 Å². The number of pyridine rings is 2. The Morgan fingerprint density at radius 2 is 1.98 bits per heavy atom. The van der Waals surface area contributed by atoms with Gasteiger partial charge in [-0.3, -0.25) is 4.90 Å². The average Bonchev–Trinajstić information content (AvgIpc) is 3.43. The minimum Gasteiger partial charge on any atom is -0.475 e. The number of aromatic nitrogens is 4. The third-order valence-electron chi connectivity index (χ3n) is 8.61. The maximum absolute atomic E-state index is 16.5. The molecule has 3 aliphatic rings. The van der Waals surface area contributed by atoms with Crippen LogP contribution in [-0.4, -0.2) is 93.6 Å². The monoisotopic (exact) mass is 645 g/mol.